The zero-order chi connectivity index (χ0) is 24.1. The molecule has 0 aliphatic carbocycles. The number of hydrogen-bond acceptors (Lipinski definition) is 6. The van der Waals surface area contributed by atoms with Crippen LogP contribution >= 0.6 is 0 Å². The van der Waals surface area contributed by atoms with E-state index in [4.69, 9.17) is 0 Å². The highest BCUT2D eigenvalue weighted by atomic mass is 32.2. The summed E-state index contributed by atoms with van der Waals surface area (Å²) in [5, 5.41) is 6.10. The highest BCUT2D eigenvalue weighted by molar-refractivity contribution is 7.90. The number of carbonyl (C=O) groups is 1. The molecule has 0 saturated carbocycles. The van der Waals surface area contributed by atoms with Gasteiger partial charge in [0.15, 0.2) is 5.65 Å². The van der Waals surface area contributed by atoms with Gasteiger partial charge >= 0.3 is 6.18 Å². The SMILES string of the molecule is O=C1CCc2cc(Nc3ncc4ccn(S(=O)(=O)c5ccccc5C(F)(F)F)c4n3)ccc2N1. The minimum atomic E-state index is -4.85. The Hall–Kier alpha value is -3.93. The normalized spacial score (nSPS) is 14.0. The zero-order valence-electron chi connectivity index (χ0n) is 17.3. The summed E-state index contributed by atoms with van der Waals surface area (Å²) in [6.07, 6.45) is -1.39. The molecule has 0 radical (unpaired) electrons. The maximum absolute atomic E-state index is 13.4. The Kier molecular flexibility index (Phi) is 5.04. The fourth-order valence-corrected chi connectivity index (χ4v) is 5.29. The van der Waals surface area contributed by atoms with E-state index in [1.54, 1.807) is 12.1 Å². The lowest BCUT2D eigenvalue weighted by atomic mass is 10.0. The van der Waals surface area contributed by atoms with Gasteiger partial charge in [-0.3, -0.25) is 4.79 Å². The first-order valence-electron chi connectivity index (χ1n) is 10.1. The summed E-state index contributed by atoms with van der Waals surface area (Å²) < 4.78 is 67.4. The second-order valence-electron chi connectivity index (χ2n) is 7.63. The van der Waals surface area contributed by atoms with Crippen LogP contribution in [0.4, 0.5) is 30.5 Å². The molecule has 1 aliphatic rings. The van der Waals surface area contributed by atoms with Crippen LogP contribution < -0.4 is 10.6 Å². The number of amides is 1. The number of alkyl halides is 3. The molecular formula is C22H16F3N5O3S. The summed E-state index contributed by atoms with van der Waals surface area (Å²) >= 11 is 0. The molecule has 174 valence electrons. The van der Waals surface area contributed by atoms with Crippen LogP contribution in [0.5, 0.6) is 0 Å². The number of benzene rings is 2. The van der Waals surface area contributed by atoms with Gasteiger partial charge in [-0.05, 0) is 48.4 Å². The molecule has 3 heterocycles. The predicted molar refractivity (Wildman–Crippen MR) is 118 cm³/mol. The lowest BCUT2D eigenvalue weighted by Crippen LogP contribution is -2.19. The van der Waals surface area contributed by atoms with E-state index in [1.165, 1.54) is 18.3 Å². The van der Waals surface area contributed by atoms with Gasteiger partial charge in [-0.1, -0.05) is 12.1 Å². The van der Waals surface area contributed by atoms with Crippen molar-refractivity contribution in [3.63, 3.8) is 0 Å². The molecular weight excluding hydrogens is 471 g/mol. The fraction of sp³-hybridized carbons (Fsp3) is 0.136. The van der Waals surface area contributed by atoms with Gasteiger partial charge in [0.25, 0.3) is 10.0 Å². The van der Waals surface area contributed by atoms with Crippen LogP contribution in [0.3, 0.4) is 0 Å². The topological polar surface area (TPSA) is 106 Å². The van der Waals surface area contributed by atoms with Gasteiger partial charge in [0, 0.05) is 35.6 Å². The molecule has 34 heavy (non-hydrogen) atoms. The molecule has 0 atom stereocenters. The van der Waals surface area contributed by atoms with E-state index in [0.717, 1.165) is 30.0 Å². The van der Waals surface area contributed by atoms with Crippen molar-refractivity contribution in [2.75, 3.05) is 10.6 Å². The van der Waals surface area contributed by atoms with Crippen molar-refractivity contribution in [2.45, 2.75) is 23.9 Å². The molecule has 0 saturated heterocycles. The second kappa shape index (κ2) is 7.83. The Labute approximate surface area is 191 Å². The monoisotopic (exact) mass is 487 g/mol. The van der Waals surface area contributed by atoms with Gasteiger partial charge in [-0.15, -0.1) is 0 Å². The van der Waals surface area contributed by atoms with Gasteiger partial charge in [0.2, 0.25) is 11.9 Å². The van der Waals surface area contributed by atoms with E-state index in [2.05, 4.69) is 20.6 Å². The summed E-state index contributed by atoms with van der Waals surface area (Å²) in [6.45, 7) is 0. The first-order valence-corrected chi connectivity index (χ1v) is 11.5. The summed E-state index contributed by atoms with van der Waals surface area (Å²) in [5.41, 5.74) is 0.907. The lowest BCUT2D eigenvalue weighted by Gasteiger charge is -2.17. The van der Waals surface area contributed by atoms with Crippen molar-refractivity contribution >= 4 is 44.3 Å². The van der Waals surface area contributed by atoms with Crippen LogP contribution in [-0.2, 0) is 27.4 Å². The van der Waals surface area contributed by atoms with E-state index in [-0.39, 0.29) is 17.5 Å². The number of anilines is 3. The van der Waals surface area contributed by atoms with E-state index >= 15 is 0 Å². The maximum Gasteiger partial charge on any atom is 0.417 e. The summed E-state index contributed by atoms with van der Waals surface area (Å²) in [6, 6.07) is 10.7. The van der Waals surface area contributed by atoms with Gasteiger partial charge < -0.3 is 10.6 Å². The van der Waals surface area contributed by atoms with Crippen molar-refractivity contribution < 1.29 is 26.4 Å². The molecule has 0 unspecified atom stereocenters. The number of nitrogens with one attached hydrogen (secondary N) is 2. The van der Waals surface area contributed by atoms with Crippen molar-refractivity contribution in [2.24, 2.45) is 0 Å². The van der Waals surface area contributed by atoms with E-state index in [0.29, 0.717) is 33.6 Å². The van der Waals surface area contributed by atoms with E-state index in [9.17, 15) is 26.4 Å². The van der Waals surface area contributed by atoms with Gasteiger partial charge in [0.1, 0.15) is 4.90 Å². The minimum Gasteiger partial charge on any atom is -0.326 e. The standard InChI is InChI=1S/C22H16F3N5O3S/c23-22(24,25)16-3-1-2-4-18(16)34(32,33)30-10-9-14-12-26-21(29-20(14)30)27-15-6-7-17-13(11-15)5-8-19(31)28-17/h1-4,6-7,9-12H,5,8H2,(H,28,31)(H,26,27,29). The van der Waals surface area contributed by atoms with Crippen LogP contribution in [0.1, 0.15) is 17.5 Å². The molecule has 12 heteroatoms. The number of aromatic nitrogens is 3. The average molecular weight is 487 g/mol. The summed E-state index contributed by atoms with van der Waals surface area (Å²) in [4.78, 5) is 19.1. The van der Waals surface area contributed by atoms with Crippen molar-refractivity contribution in [1.82, 2.24) is 13.9 Å². The molecule has 5 rings (SSSR count). The first kappa shape index (κ1) is 21.9. The zero-order valence-corrected chi connectivity index (χ0v) is 18.1. The maximum atomic E-state index is 13.4. The number of nitrogens with zero attached hydrogens (tertiary/aromatic N) is 3. The summed E-state index contributed by atoms with van der Waals surface area (Å²) in [5.74, 6) is 0.00242. The van der Waals surface area contributed by atoms with Gasteiger partial charge in [-0.25, -0.2) is 17.4 Å². The lowest BCUT2D eigenvalue weighted by molar-refractivity contribution is -0.139. The van der Waals surface area contributed by atoms with Gasteiger partial charge in [0.05, 0.1) is 5.56 Å². The summed E-state index contributed by atoms with van der Waals surface area (Å²) in [7, 11) is -4.60. The number of rotatable bonds is 4. The minimum absolute atomic E-state index is 0.0592. The Balaban J connectivity index is 1.53. The van der Waals surface area contributed by atoms with Crippen LogP contribution in [0.15, 0.2) is 65.8 Å². The highest BCUT2D eigenvalue weighted by Crippen LogP contribution is 2.35. The number of carbonyl (C=O) groups excluding carboxylic acids is 1. The van der Waals surface area contributed by atoms with Gasteiger partial charge in [-0.2, -0.15) is 18.2 Å². The predicted octanol–water partition coefficient (Wildman–Crippen LogP) is 4.32. The molecule has 2 aromatic heterocycles. The van der Waals surface area contributed by atoms with Crippen molar-refractivity contribution in [3.05, 3.63) is 72.1 Å². The number of aryl methyl sites for hydroxylation is 1. The highest BCUT2D eigenvalue weighted by Gasteiger charge is 2.37. The molecule has 8 nitrogen and oxygen atoms in total. The molecule has 1 amide bonds. The van der Waals surface area contributed by atoms with Crippen LogP contribution in [0, 0.1) is 0 Å². The number of hydrogen-bond donors (Lipinski definition) is 2. The molecule has 4 aromatic rings. The van der Waals surface area contributed by atoms with Crippen molar-refractivity contribution in [3.8, 4) is 0 Å². The molecule has 0 bridgehead atoms. The van der Waals surface area contributed by atoms with Crippen LogP contribution in [0.2, 0.25) is 0 Å². The number of fused-ring (bicyclic) bond motifs is 2. The second-order valence-corrected chi connectivity index (χ2v) is 9.41. The first-order chi connectivity index (χ1) is 16.1. The largest absolute Gasteiger partial charge is 0.417 e. The third-order valence-electron chi connectivity index (χ3n) is 5.38. The Morgan fingerprint density at radius 3 is 2.65 bits per heavy atom. The fourth-order valence-electron chi connectivity index (χ4n) is 3.77. The molecule has 0 fully saturated rings. The molecule has 0 spiro atoms. The third kappa shape index (κ3) is 3.85. The molecule has 2 N–H and O–H groups in total. The molecule has 1 aliphatic heterocycles. The van der Waals surface area contributed by atoms with Crippen molar-refractivity contribution in [1.29, 1.82) is 0 Å². The van der Waals surface area contributed by atoms with Crippen LogP contribution in [0.25, 0.3) is 11.0 Å². The third-order valence-corrected chi connectivity index (χ3v) is 7.10. The Morgan fingerprint density at radius 2 is 1.85 bits per heavy atom. The van der Waals surface area contributed by atoms with E-state index < -0.39 is 26.7 Å². The number of halogens is 3. The Bertz CT molecular complexity index is 1550. The quantitative estimate of drug-likeness (QED) is 0.444. The van der Waals surface area contributed by atoms with Crippen LogP contribution in [-0.4, -0.2) is 28.3 Å². The average Bonchev–Trinajstić information content (AvgIpc) is 3.23. The van der Waals surface area contributed by atoms with E-state index in [1.807, 2.05) is 6.07 Å². The Morgan fingerprint density at radius 1 is 1.06 bits per heavy atom. The molecule has 2 aromatic carbocycles. The smallest absolute Gasteiger partial charge is 0.326 e.